The average molecular weight is 1590 g/mol. The van der Waals surface area contributed by atoms with Crippen molar-refractivity contribution in [3.63, 3.8) is 0 Å². The lowest BCUT2D eigenvalue weighted by molar-refractivity contribution is -0.143. The number of carbonyl (C=O) groups is 14. The van der Waals surface area contributed by atoms with Crippen LogP contribution in [0.1, 0.15) is 82.2 Å². The number of aliphatic hydroxyl groups is 2. The van der Waals surface area contributed by atoms with Gasteiger partial charge in [0, 0.05) is 62.0 Å². The molecule has 34 heteroatoms. The number of primary amides is 1. The van der Waals surface area contributed by atoms with Crippen LogP contribution >= 0.6 is 11.8 Å². The van der Waals surface area contributed by atoms with Crippen LogP contribution in [-0.4, -0.2) is 224 Å². The number of nitrogens with zero attached hydrogens (tertiary/aromatic N) is 1. The third kappa shape index (κ3) is 27.8. The first-order chi connectivity index (χ1) is 54.3. The highest BCUT2D eigenvalue weighted by molar-refractivity contribution is 8.00. The molecule has 0 bridgehead atoms. The van der Waals surface area contributed by atoms with Gasteiger partial charge in [0.25, 0.3) is 0 Å². The van der Waals surface area contributed by atoms with E-state index in [0.717, 1.165) is 16.7 Å². The highest BCUT2D eigenvalue weighted by Gasteiger charge is 2.39. The molecule has 0 spiro atoms. The number of amides is 14. The number of para-hydroxylation sites is 1. The van der Waals surface area contributed by atoms with Crippen LogP contribution in [0.15, 0.2) is 140 Å². The van der Waals surface area contributed by atoms with Crippen molar-refractivity contribution in [3.05, 3.63) is 167 Å². The smallest absolute Gasteiger partial charge is 0.245 e. The molecule has 0 aliphatic carbocycles. The maximum absolute atomic E-state index is 15.5. The fraction of sp³-hybridized carbons (Fsp3) is 0.425. The lowest BCUT2D eigenvalue weighted by Gasteiger charge is -2.33. The largest absolute Gasteiger partial charge is 0.508 e. The van der Waals surface area contributed by atoms with Crippen molar-refractivity contribution in [2.45, 2.75) is 153 Å². The average Bonchev–Trinajstić information content (AvgIpc) is 1.61. The summed E-state index contributed by atoms with van der Waals surface area (Å²) in [4.78, 5) is 206. The summed E-state index contributed by atoms with van der Waals surface area (Å²) in [6, 6.07) is 18.3. The van der Waals surface area contributed by atoms with Crippen molar-refractivity contribution >= 4 is 105 Å². The van der Waals surface area contributed by atoms with E-state index in [9.17, 15) is 73.2 Å². The lowest BCUT2D eigenvalue weighted by atomic mass is 9.98. The van der Waals surface area contributed by atoms with Gasteiger partial charge >= 0.3 is 0 Å². The summed E-state index contributed by atoms with van der Waals surface area (Å²) in [6.07, 6.45) is 0.374. The number of fused-ring (bicyclic) bond motifs is 1. The lowest BCUT2D eigenvalue weighted by Crippen LogP contribution is -2.61. The molecule has 1 aliphatic heterocycles. The zero-order valence-electron chi connectivity index (χ0n) is 64.5. The number of aliphatic hydroxyl groups excluding tert-OH is 2. The summed E-state index contributed by atoms with van der Waals surface area (Å²) in [5.74, 6) is -15.8. The van der Waals surface area contributed by atoms with Crippen LogP contribution in [0.2, 0.25) is 0 Å². The van der Waals surface area contributed by atoms with Gasteiger partial charge in [-0.15, -0.1) is 11.8 Å². The number of H-pyrrole nitrogens is 1. The van der Waals surface area contributed by atoms with Gasteiger partial charge in [-0.1, -0.05) is 145 Å². The minimum absolute atomic E-state index is 0.0471. The van der Waals surface area contributed by atoms with E-state index < -0.39 is 187 Å². The van der Waals surface area contributed by atoms with Gasteiger partial charge in [-0.2, -0.15) is 0 Å². The molecule has 0 saturated carbocycles. The number of aromatic nitrogens is 1. The Labute approximate surface area is 663 Å². The van der Waals surface area contributed by atoms with Crippen LogP contribution in [0.5, 0.6) is 11.5 Å². The van der Waals surface area contributed by atoms with Gasteiger partial charge in [0.15, 0.2) is 0 Å². The molecule has 0 radical (unpaired) electrons. The number of benzene rings is 5. The van der Waals surface area contributed by atoms with Gasteiger partial charge in [-0.25, -0.2) is 0 Å². The summed E-state index contributed by atoms with van der Waals surface area (Å²) >= 11 is 0.824. The van der Waals surface area contributed by atoms with E-state index in [0.29, 0.717) is 38.7 Å². The van der Waals surface area contributed by atoms with E-state index in [4.69, 9.17) is 5.73 Å². The predicted octanol–water partition coefficient (Wildman–Crippen LogP) is -1.04. The van der Waals surface area contributed by atoms with E-state index in [-0.39, 0.29) is 74.0 Å². The molecular formula is C80H103N15O18S. The molecule has 5 aromatic carbocycles. The van der Waals surface area contributed by atoms with Gasteiger partial charge in [0.2, 0.25) is 82.7 Å². The Balaban J connectivity index is 1.29. The summed E-state index contributed by atoms with van der Waals surface area (Å²) in [5, 5.41) is 73.1. The maximum atomic E-state index is 15.5. The Bertz CT molecular complexity index is 4320. The quantitative estimate of drug-likeness (QED) is 0.0434. The highest BCUT2D eigenvalue weighted by atomic mass is 32.2. The number of phenols is 2. The first-order valence-electron chi connectivity index (χ1n) is 37.4. The molecule has 11 atom stereocenters. The van der Waals surface area contributed by atoms with Gasteiger partial charge in [-0.3, -0.25) is 67.1 Å². The Hall–Kier alpha value is -11.9. The van der Waals surface area contributed by atoms with Crippen LogP contribution < -0.4 is 69.5 Å². The first kappa shape index (κ1) is 89.3. The molecular weight excluding hydrogens is 1490 g/mol. The number of aromatic amines is 1. The molecule has 2 heterocycles. The van der Waals surface area contributed by atoms with E-state index in [1.807, 2.05) is 0 Å². The fourth-order valence-corrected chi connectivity index (χ4v) is 13.4. The van der Waals surface area contributed by atoms with Crippen molar-refractivity contribution in [2.24, 2.45) is 23.5 Å². The van der Waals surface area contributed by atoms with Gasteiger partial charge < -0.3 is 99.8 Å². The third-order valence-corrected chi connectivity index (χ3v) is 19.7. The van der Waals surface area contributed by atoms with Crippen LogP contribution in [0.25, 0.3) is 10.9 Å². The van der Waals surface area contributed by atoms with Crippen molar-refractivity contribution in [2.75, 3.05) is 44.9 Å². The molecule has 19 N–H and O–H groups in total. The number of thioether (sulfide) groups is 1. The summed E-state index contributed by atoms with van der Waals surface area (Å²) in [6.45, 7) is 6.35. The number of hydrogen-bond acceptors (Lipinski definition) is 19. The van der Waals surface area contributed by atoms with Crippen LogP contribution in [0.3, 0.4) is 0 Å². The minimum atomic E-state index is -1.84. The number of nitrogens with one attached hydrogen (secondary N) is 13. The molecule has 33 nitrogen and oxygen atoms in total. The predicted molar refractivity (Wildman–Crippen MR) is 422 cm³/mol. The molecule has 612 valence electrons. The fourth-order valence-electron chi connectivity index (χ4n) is 12.6. The SMILES string of the molecule is CC(C)C[C@@H]1NC(=O)[C@H](Cc2ccc(O)cc2)NC(=O)[C@H](Cc2ccccc2)NC(=O)CSC[C@@H](C(=O)NCC(N)=O)NC(=O)[C@H](CC(C)C)NC(=O)[C@H](Cc2ccccc2)N(C)C(=O)[C@H](Cc2ccc(O)cc2)NC(=O)[C@H](Cc2c[nH]c3ccccc23)NC(=O)CNC(=O)[C@H](CO)NC(=O)[C@H](CO)NC(=O)[C@H](C(C)C)NC1=O. The van der Waals surface area contributed by atoms with E-state index >= 15 is 14.4 Å². The van der Waals surface area contributed by atoms with Gasteiger partial charge in [0.1, 0.15) is 78.0 Å². The van der Waals surface area contributed by atoms with Gasteiger partial charge in [-0.05, 0) is 88.7 Å². The number of likely N-dealkylation sites (N-methyl/N-ethyl adjacent to an activating group) is 1. The number of nitrogens with two attached hydrogens (primary N) is 1. The molecule has 14 amide bonds. The van der Waals surface area contributed by atoms with Crippen LogP contribution in [0.4, 0.5) is 0 Å². The van der Waals surface area contributed by atoms with Crippen molar-refractivity contribution in [1.82, 2.24) is 73.7 Å². The monoisotopic (exact) mass is 1590 g/mol. The van der Waals surface area contributed by atoms with E-state index in [1.54, 1.807) is 133 Å². The Morgan fingerprint density at radius 1 is 0.474 bits per heavy atom. The molecule has 0 unspecified atom stereocenters. The Morgan fingerprint density at radius 3 is 1.45 bits per heavy atom. The standard InChI is InChI=1S/C80H103N15O18S/c1-44(2)30-56-72(105)93-64(71(104)83-38-66(81)100)42-114-43-68(102)86-58(32-47-16-10-8-11-17-47)73(106)88-59(33-49-22-26-52(98)27-23-49)74(107)87-57(31-45(3)4)76(109)94-69(46(5)6)79(112)92-63(41-97)77(110)91-62(40-96)70(103)84-39-67(101)85-60(36-51-37-82-55-21-15-14-20-54(51)55)75(108)90-61(34-50-24-28-53(99)29-25-50)80(113)95(7)65(78(111)89-56)35-48-18-12-9-13-19-48/h8-29,37,44-46,56-65,69,82,96-99H,30-36,38-43H2,1-7H3,(H2,81,100)(H,83,104)(H,84,103)(H,85,101)(H,86,102)(H,87,107)(H,88,106)(H,89,111)(H,90,108)(H,91,110)(H,92,112)(H,93,105)(H,94,109)/t56-,57-,58-,59-,60-,61-,62-,63-,64-,65-,69-/m0/s1. The number of hydrogen-bond donors (Lipinski definition) is 18. The Kier molecular flexibility index (Phi) is 34.3. The summed E-state index contributed by atoms with van der Waals surface area (Å²) < 4.78 is 0. The number of rotatable bonds is 20. The zero-order valence-corrected chi connectivity index (χ0v) is 65.3. The van der Waals surface area contributed by atoms with Crippen molar-refractivity contribution in [3.8, 4) is 11.5 Å². The summed E-state index contributed by atoms with van der Waals surface area (Å²) in [7, 11) is 1.31. The second kappa shape index (κ2) is 43.8. The van der Waals surface area contributed by atoms with E-state index in [2.05, 4.69) is 68.8 Å². The molecule has 114 heavy (non-hydrogen) atoms. The number of phenolic OH excluding ortho intramolecular Hbond substituents is 2. The maximum Gasteiger partial charge on any atom is 0.245 e. The second-order valence-electron chi connectivity index (χ2n) is 29.1. The molecule has 1 aromatic heterocycles. The highest BCUT2D eigenvalue weighted by Crippen LogP contribution is 2.22. The topological polar surface area (TPSA) is 509 Å². The normalized spacial score (nSPS) is 22.7. The molecule has 1 aliphatic rings. The summed E-state index contributed by atoms with van der Waals surface area (Å²) in [5.41, 5.74) is 8.53. The first-order valence-corrected chi connectivity index (χ1v) is 38.6. The van der Waals surface area contributed by atoms with E-state index in [1.165, 1.54) is 55.6 Å². The molecule has 6 aromatic rings. The second-order valence-corrected chi connectivity index (χ2v) is 30.1. The van der Waals surface area contributed by atoms with Crippen LogP contribution in [0, 0.1) is 17.8 Å². The van der Waals surface area contributed by atoms with Crippen molar-refractivity contribution < 1.29 is 87.5 Å². The Morgan fingerprint density at radius 2 is 0.904 bits per heavy atom. The van der Waals surface area contributed by atoms with Crippen molar-refractivity contribution in [1.29, 1.82) is 0 Å². The molecule has 1 saturated heterocycles. The third-order valence-electron chi connectivity index (χ3n) is 18.6. The number of aromatic hydroxyl groups is 2. The molecule has 7 rings (SSSR count). The van der Waals surface area contributed by atoms with Crippen LogP contribution in [-0.2, 0) is 99.2 Å². The number of carbonyl (C=O) groups excluding carboxylic acids is 14. The minimum Gasteiger partial charge on any atom is -0.508 e. The van der Waals surface area contributed by atoms with Gasteiger partial charge in [0.05, 0.1) is 32.1 Å². The molecule has 1 fully saturated rings. The zero-order chi connectivity index (χ0) is 83.3.